The summed E-state index contributed by atoms with van der Waals surface area (Å²) in [6.07, 6.45) is 3.65. The van der Waals surface area contributed by atoms with Gasteiger partial charge in [-0.2, -0.15) is 0 Å². The molecular formula is C13H22ClNO. The van der Waals surface area contributed by atoms with Crippen molar-refractivity contribution in [2.75, 3.05) is 20.3 Å². The van der Waals surface area contributed by atoms with Gasteiger partial charge in [0.25, 0.3) is 0 Å². The van der Waals surface area contributed by atoms with Crippen molar-refractivity contribution in [1.29, 1.82) is 0 Å². The third-order valence-electron chi connectivity index (χ3n) is 2.37. The van der Waals surface area contributed by atoms with E-state index < -0.39 is 0 Å². The first-order valence-corrected chi connectivity index (χ1v) is 5.67. The number of nitrogens with one attached hydrogen (secondary N) is 1. The molecular weight excluding hydrogens is 222 g/mol. The largest absolute Gasteiger partial charge is 0.385 e. The summed E-state index contributed by atoms with van der Waals surface area (Å²) >= 11 is 0. The molecule has 92 valence electrons. The van der Waals surface area contributed by atoms with Gasteiger partial charge in [0, 0.05) is 20.3 Å². The van der Waals surface area contributed by atoms with Gasteiger partial charge < -0.3 is 10.1 Å². The lowest BCUT2D eigenvalue weighted by Gasteiger charge is -2.04. The van der Waals surface area contributed by atoms with Gasteiger partial charge in [-0.05, 0) is 31.4 Å². The summed E-state index contributed by atoms with van der Waals surface area (Å²) in [4.78, 5) is 0. The standard InChI is InChI=1S/C13H21NO.ClH/c1-15-11-7-3-6-10-14-12-13-8-4-2-5-9-13;/h2,4-5,8-9,14H,3,6-7,10-12H2,1H3;1H. The molecule has 0 saturated carbocycles. The van der Waals surface area contributed by atoms with Crippen LogP contribution in [0.1, 0.15) is 24.8 Å². The van der Waals surface area contributed by atoms with Crippen LogP contribution < -0.4 is 5.32 Å². The van der Waals surface area contributed by atoms with Crippen molar-refractivity contribution in [1.82, 2.24) is 5.32 Å². The summed E-state index contributed by atoms with van der Waals surface area (Å²) in [5, 5.41) is 3.44. The third-order valence-corrected chi connectivity index (χ3v) is 2.37. The molecule has 0 heterocycles. The predicted molar refractivity (Wildman–Crippen MR) is 71.1 cm³/mol. The molecule has 0 fully saturated rings. The van der Waals surface area contributed by atoms with Crippen LogP contribution in [-0.2, 0) is 11.3 Å². The molecule has 0 aliphatic heterocycles. The van der Waals surface area contributed by atoms with E-state index in [1.807, 2.05) is 6.07 Å². The smallest absolute Gasteiger partial charge is 0.0462 e. The summed E-state index contributed by atoms with van der Waals surface area (Å²) in [6, 6.07) is 10.5. The number of hydrogen-bond acceptors (Lipinski definition) is 2. The highest BCUT2D eigenvalue weighted by atomic mass is 35.5. The van der Waals surface area contributed by atoms with Gasteiger partial charge in [0.05, 0.1) is 0 Å². The Hall–Kier alpha value is -0.570. The van der Waals surface area contributed by atoms with Crippen LogP contribution in [0, 0.1) is 0 Å². The molecule has 1 rings (SSSR count). The normalized spacial score (nSPS) is 9.81. The second kappa shape index (κ2) is 10.9. The Kier molecular flexibility index (Phi) is 10.5. The van der Waals surface area contributed by atoms with Crippen molar-refractivity contribution < 1.29 is 4.74 Å². The third kappa shape index (κ3) is 7.69. The van der Waals surface area contributed by atoms with Crippen molar-refractivity contribution >= 4 is 12.4 Å². The minimum atomic E-state index is 0. The molecule has 0 unspecified atom stereocenters. The van der Waals surface area contributed by atoms with Gasteiger partial charge >= 0.3 is 0 Å². The van der Waals surface area contributed by atoms with Crippen LogP contribution >= 0.6 is 12.4 Å². The summed E-state index contributed by atoms with van der Waals surface area (Å²) in [7, 11) is 1.76. The lowest BCUT2D eigenvalue weighted by Crippen LogP contribution is -2.14. The minimum Gasteiger partial charge on any atom is -0.385 e. The highest BCUT2D eigenvalue weighted by Crippen LogP contribution is 1.98. The number of ether oxygens (including phenoxy) is 1. The topological polar surface area (TPSA) is 21.3 Å². The summed E-state index contributed by atoms with van der Waals surface area (Å²) in [5.41, 5.74) is 1.36. The van der Waals surface area contributed by atoms with E-state index in [1.165, 1.54) is 24.8 Å². The number of benzene rings is 1. The molecule has 3 heteroatoms. The fourth-order valence-electron chi connectivity index (χ4n) is 1.50. The molecule has 0 spiro atoms. The second-order valence-electron chi connectivity index (χ2n) is 3.72. The summed E-state index contributed by atoms with van der Waals surface area (Å²) in [5.74, 6) is 0. The van der Waals surface area contributed by atoms with E-state index in [-0.39, 0.29) is 12.4 Å². The van der Waals surface area contributed by atoms with E-state index in [4.69, 9.17) is 4.74 Å². The Balaban J connectivity index is 0.00000225. The maximum atomic E-state index is 5.00. The Morgan fingerprint density at radius 1 is 1.06 bits per heavy atom. The quantitative estimate of drug-likeness (QED) is 0.709. The zero-order valence-electron chi connectivity index (χ0n) is 9.95. The molecule has 0 aliphatic carbocycles. The molecule has 1 N–H and O–H groups in total. The molecule has 1 aromatic rings. The molecule has 0 aliphatic rings. The van der Waals surface area contributed by atoms with E-state index in [0.717, 1.165) is 19.7 Å². The van der Waals surface area contributed by atoms with Gasteiger partial charge in [0.15, 0.2) is 0 Å². The average Bonchev–Trinajstić information content (AvgIpc) is 2.29. The van der Waals surface area contributed by atoms with Crippen LogP contribution in [0.4, 0.5) is 0 Å². The predicted octanol–water partition coefficient (Wildman–Crippen LogP) is 3.01. The lowest BCUT2D eigenvalue weighted by atomic mass is 10.2. The maximum absolute atomic E-state index is 5.00. The van der Waals surface area contributed by atoms with E-state index in [9.17, 15) is 0 Å². The highest BCUT2D eigenvalue weighted by molar-refractivity contribution is 5.85. The highest BCUT2D eigenvalue weighted by Gasteiger charge is 1.91. The first kappa shape index (κ1) is 15.4. The van der Waals surface area contributed by atoms with Crippen molar-refractivity contribution in [3.8, 4) is 0 Å². The van der Waals surface area contributed by atoms with E-state index >= 15 is 0 Å². The molecule has 0 amide bonds. The molecule has 2 nitrogen and oxygen atoms in total. The van der Waals surface area contributed by atoms with Gasteiger partial charge in [-0.3, -0.25) is 0 Å². The fourth-order valence-corrected chi connectivity index (χ4v) is 1.50. The van der Waals surface area contributed by atoms with Crippen molar-refractivity contribution in [3.63, 3.8) is 0 Å². The van der Waals surface area contributed by atoms with E-state index in [2.05, 4.69) is 29.6 Å². The summed E-state index contributed by atoms with van der Waals surface area (Å²) < 4.78 is 5.00. The van der Waals surface area contributed by atoms with Crippen molar-refractivity contribution in [3.05, 3.63) is 35.9 Å². The number of halogens is 1. The Morgan fingerprint density at radius 2 is 1.81 bits per heavy atom. The second-order valence-corrected chi connectivity index (χ2v) is 3.72. The first-order valence-electron chi connectivity index (χ1n) is 5.67. The van der Waals surface area contributed by atoms with Crippen LogP contribution in [0.5, 0.6) is 0 Å². The number of hydrogen-bond donors (Lipinski definition) is 1. The van der Waals surface area contributed by atoms with Crippen LogP contribution in [-0.4, -0.2) is 20.3 Å². The lowest BCUT2D eigenvalue weighted by molar-refractivity contribution is 0.192. The molecule has 1 aromatic carbocycles. The zero-order valence-corrected chi connectivity index (χ0v) is 10.8. The SMILES string of the molecule is COCCCCCNCc1ccccc1.Cl. The Morgan fingerprint density at radius 3 is 2.50 bits per heavy atom. The van der Waals surface area contributed by atoms with Crippen LogP contribution in [0.3, 0.4) is 0 Å². The molecule has 0 radical (unpaired) electrons. The van der Waals surface area contributed by atoms with Gasteiger partial charge in [0.1, 0.15) is 0 Å². The molecule has 0 bridgehead atoms. The Bertz CT molecular complexity index is 241. The molecule has 16 heavy (non-hydrogen) atoms. The van der Waals surface area contributed by atoms with Crippen molar-refractivity contribution in [2.45, 2.75) is 25.8 Å². The van der Waals surface area contributed by atoms with Crippen LogP contribution in [0.2, 0.25) is 0 Å². The number of rotatable bonds is 8. The zero-order chi connectivity index (χ0) is 10.8. The summed E-state index contributed by atoms with van der Waals surface area (Å²) in [6.45, 7) is 2.96. The molecule has 0 saturated heterocycles. The van der Waals surface area contributed by atoms with Gasteiger partial charge in [-0.15, -0.1) is 12.4 Å². The number of unbranched alkanes of at least 4 members (excludes halogenated alkanes) is 2. The fraction of sp³-hybridized carbons (Fsp3) is 0.538. The molecule has 0 aromatic heterocycles. The monoisotopic (exact) mass is 243 g/mol. The first-order chi connectivity index (χ1) is 7.43. The minimum absolute atomic E-state index is 0. The Labute approximate surface area is 105 Å². The van der Waals surface area contributed by atoms with E-state index in [1.54, 1.807) is 7.11 Å². The van der Waals surface area contributed by atoms with Crippen LogP contribution in [0.25, 0.3) is 0 Å². The van der Waals surface area contributed by atoms with Gasteiger partial charge in [-0.25, -0.2) is 0 Å². The van der Waals surface area contributed by atoms with Crippen LogP contribution in [0.15, 0.2) is 30.3 Å². The van der Waals surface area contributed by atoms with Crippen molar-refractivity contribution in [2.24, 2.45) is 0 Å². The van der Waals surface area contributed by atoms with E-state index in [0.29, 0.717) is 0 Å². The molecule has 0 atom stereocenters. The number of methoxy groups -OCH3 is 1. The van der Waals surface area contributed by atoms with Gasteiger partial charge in [0.2, 0.25) is 0 Å². The maximum Gasteiger partial charge on any atom is 0.0462 e. The van der Waals surface area contributed by atoms with Gasteiger partial charge in [-0.1, -0.05) is 30.3 Å². The average molecular weight is 244 g/mol.